The van der Waals surface area contributed by atoms with Gasteiger partial charge in [0.1, 0.15) is 17.1 Å². The lowest BCUT2D eigenvalue weighted by atomic mass is 9.84. The van der Waals surface area contributed by atoms with Gasteiger partial charge in [-0.15, -0.1) is 0 Å². The summed E-state index contributed by atoms with van der Waals surface area (Å²) in [6.07, 6.45) is 13.6. The van der Waals surface area contributed by atoms with Crippen LogP contribution in [0.15, 0.2) is 0 Å². The molecule has 0 spiro atoms. The Kier molecular flexibility index (Phi) is 11.1. The zero-order chi connectivity index (χ0) is 24.6. The minimum absolute atomic E-state index is 0.158. The van der Waals surface area contributed by atoms with Gasteiger partial charge in [0.05, 0.1) is 6.61 Å². The molecule has 1 aromatic rings. The van der Waals surface area contributed by atoms with Crippen molar-refractivity contribution in [3.05, 3.63) is 22.3 Å². The van der Waals surface area contributed by atoms with Gasteiger partial charge >= 0.3 is 0 Å². The molecule has 0 aliphatic carbocycles. The molecule has 0 radical (unpaired) electrons. The predicted molar refractivity (Wildman–Crippen MR) is 140 cm³/mol. The standard InChI is InChI=1S/C30H52O3/c1-21(2)12-9-13-22(3)14-10-15-23(4)16-11-18-30(7)19-17-26-28(31)25(6)24(5)27(20-32-8)29(26)33-30/h21-23,31H,9-20H2,1-8H3/t22-,23-,30+/m1/s1. The van der Waals surface area contributed by atoms with Crippen LogP contribution in [0.1, 0.15) is 121 Å². The Morgan fingerprint density at radius 2 is 1.48 bits per heavy atom. The van der Waals surface area contributed by atoms with E-state index >= 15 is 0 Å². The monoisotopic (exact) mass is 460 g/mol. The fraction of sp³-hybridized carbons (Fsp3) is 0.800. The number of phenolic OH excluding ortho intramolecular Hbond substituents is 1. The van der Waals surface area contributed by atoms with E-state index in [1.165, 1.54) is 51.4 Å². The summed E-state index contributed by atoms with van der Waals surface area (Å²) in [7, 11) is 1.73. The van der Waals surface area contributed by atoms with Gasteiger partial charge in [-0.05, 0) is 75.3 Å². The second-order valence-corrected chi connectivity index (χ2v) is 11.7. The minimum Gasteiger partial charge on any atom is -0.507 e. The molecule has 0 aromatic heterocycles. The molecule has 0 fully saturated rings. The van der Waals surface area contributed by atoms with Gasteiger partial charge in [0.25, 0.3) is 0 Å². The van der Waals surface area contributed by atoms with Crippen molar-refractivity contribution in [2.75, 3.05) is 7.11 Å². The number of benzene rings is 1. The van der Waals surface area contributed by atoms with E-state index < -0.39 is 0 Å². The predicted octanol–water partition coefficient (Wildman–Crippen LogP) is 8.68. The molecule has 1 N–H and O–H groups in total. The second-order valence-electron chi connectivity index (χ2n) is 11.7. The summed E-state index contributed by atoms with van der Waals surface area (Å²) in [5, 5.41) is 10.7. The number of ether oxygens (including phenoxy) is 2. The van der Waals surface area contributed by atoms with Crippen LogP contribution in [0, 0.1) is 31.6 Å². The third-order valence-electron chi connectivity index (χ3n) is 8.02. The molecule has 0 unspecified atom stereocenters. The molecular formula is C30H52O3. The quantitative estimate of drug-likeness (QED) is 0.302. The van der Waals surface area contributed by atoms with Crippen molar-refractivity contribution in [3.63, 3.8) is 0 Å². The summed E-state index contributed by atoms with van der Waals surface area (Å²) in [5.41, 5.74) is 3.96. The minimum atomic E-state index is -0.158. The third kappa shape index (κ3) is 8.19. The van der Waals surface area contributed by atoms with Gasteiger partial charge in [0.15, 0.2) is 0 Å². The summed E-state index contributed by atoms with van der Waals surface area (Å²) < 4.78 is 12.1. The average Bonchev–Trinajstić information content (AvgIpc) is 2.75. The van der Waals surface area contributed by atoms with Gasteiger partial charge < -0.3 is 14.6 Å². The van der Waals surface area contributed by atoms with E-state index in [4.69, 9.17) is 9.47 Å². The molecule has 1 aliphatic heterocycles. The summed E-state index contributed by atoms with van der Waals surface area (Å²) in [6.45, 7) is 16.3. The lowest BCUT2D eigenvalue weighted by Crippen LogP contribution is -2.37. The summed E-state index contributed by atoms with van der Waals surface area (Å²) >= 11 is 0. The Morgan fingerprint density at radius 1 is 0.909 bits per heavy atom. The van der Waals surface area contributed by atoms with Crippen LogP contribution in [-0.4, -0.2) is 17.8 Å². The molecule has 1 aliphatic rings. The molecule has 0 saturated heterocycles. The lowest BCUT2D eigenvalue weighted by Gasteiger charge is -2.38. The van der Waals surface area contributed by atoms with Crippen molar-refractivity contribution in [2.24, 2.45) is 17.8 Å². The van der Waals surface area contributed by atoms with E-state index in [0.29, 0.717) is 12.4 Å². The summed E-state index contributed by atoms with van der Waals surface area (Å²) in [6, 6.07) is 0. The van der Waals surface area contributed by atoms with Crippen molar-refractivity contribution in [2.45, 2.75) is 131 Å². The smallest absolute Gasteiger partial charge is 0.132 e. The maximum Gasteiger partial charge on any atom is 0.132 e. The summed E-state index contributed by atoms with van der Waals surface area (Å²) in [4.78, 5) is 0. The number of methoxy groups -OCH3 is 1. The Hall–Kier alpha value is -1.22. The highest BCUT2D eigenvalue weighted by Gasteiger charge is 2.35. The molecule has 1 aromatic carbocycles. The number of aromatic hydroxyl groups is 1. The first kappa shape index (κ1) is 28.0. The average molecular weight is 461 g/mol. The molecule has 0 saturated carbocycles. The molecule has 190 valence electrons. The van der Waals surface area contributed by atoms with Gasteiger partial charge in [-0.2, -0.15) is 0 Å². The van der Waals surface area contributed by atoms with Crippen LogP contribution in [0.4, 0.5) is 0 Å². The number of fused-ring (bicyclic) bond motifs is 1. The van der Waals surface area contributed by atoms with Gasteiger partial charge in [-0.1, -0.05) is 72.6 Å². The summed E-state index contributed by atoms with van der Waals surface area (Å²) in [5.74, 6) is 3.79. The number of hydrogen-bond donors (Lipinski definition) is 1. The first-order valence-corrected chi connectivity index (χ1v) is 13.6. The van der Waals surface area contributed by atoms with Crippen LogP contribution >= 0.6 is 0 Å². The first-order valence-electron chi connectivity index (χ1n) is 13.6. The fourth-order valence-electron chi connectivity index (χ4n) is 5.43. The van der Waals surface area contributed by atoms with Gasteiger partial charge in [-0.3, -0.25) is 0 Å². The molecule has 0 bridgehead atoms. The maximum absolute atomic E-state index is 10.7. The third-order valence-corrected chi connectivity index (χ3v) is 8.02. The highest BCUT2D eigenvalue weighted by molar-refractivity contribution is 5.59. The second kappa shape index (κ2) is 13.0. The van der Waals surface area contributed by atoms with Crippen LogP contribution in [-0.2, 0) is 17.8 Å². The normalized spacial score (nSPS) is 19.9. The van der Waals surface area contributed by atoms with Crippen molar-refractivity contribution in [1.29, 1.82) is 0 Å². The van der Waals surface area contributed by atoms with Gasteiger partial charge in [0.2, 0.25) is 0 Å². The van der Waals surface area contributed by atoms with Crippen LogP contribution in [0.5, 0.6) is 11.5 Å². The maximum atomic E-state index is 10.7. The Balaban J connectivity index is 1.81. The Labute approximate surface area is 204 Å². The zero-order valence-electron chi connectivity index (χ0n) is 23.0. The molecule has 33 heavy (non-hydrogen) atoms. The van der Waals surface area contributed by atoms with E-state index in [0.717, 1.165) is 65.0 Å². The fourth-order valence-corrected chi connectivity index (χ4v) is 5.43. The van der Waals surface area contributed by atoms with E-state index in [-0.39, 0.29) is 5.60 Å². The number of phenols is 1. The van der Waals surface area contributed by atoms with E-state index in [9.17, 15) is 5.11 Å². The van der Waals surface area contributed by atoms with Crippen molar-refractivity contribution >= 4 is 0 Å². The first-order chi connectivity index (χ1) is 15.6. The highest BCUT2D eigenvalue weighted by atomic mass is 16.5. The van der Waals surface area contributed by atoms with Crippen LogP contribution in [0.3, 0.4) is 0 Å². The van der Waals surface area contributed by atoms with Crippen molar-refractivity contribution in [1.82, 2.24) is 0 Å². The van der Waals surface area contributed by atoms with E-state index in [1.54, 1.807) is 7.11 Å². The van der Waals surface area contributed by atoms with Gasteiger partial charge in [0, 0.05) is 18.2 Å². The van der Waals surface area contributed by atoms with Crippen molar-refractivity contribution < 1.29 is 14.6 Å². The zero-order valence-corrected chi connectivity index (χ0v) is 23.0. The van der Waals surface area contributed by atoms with E-state index in [1.807, 2.05) is 6.92 Å². The lowest BCUT2D eigenvalue weighted by molar-refractivity contribution is 0.0477. The van der Waals surface area contributed by atoms with E-state index in [2.05, 4.69) is 41.5 Å². The number of rotatable bonds is 14. The molecule has 3 heteroatoms. The molecule has 3 atom stereocenters. The molecule has 3 nitrogen and oxygen atoms in total. The SMILES string of the molecule is COCc1c(C)c(C)c(O)c2c1O[C@@](C)(CCC[C@H](C)CCC[C@H](C)CCCC(C)C)CC2. The Bertz CT molecular complexity index is 739. The van der Waals surface area contributed by atoms with Gasteiger partial charge in [-0.25, -0.2) is 0 Å². The molecule has 2 rings (SSSR count). The van der Waals surface area contributed by atoms with Crippen LogP contribution in [0.2, 0.25) is 0 Å². The van der Waals surface area contributed by atoms with Crippen molar-refractivity contribution in [3.8, 4) is 11.5 Å². The highest BCUT2D eigenvalue weighted by Crippen LogP contribution is 2.45. The number of hydrogen-bond acceptors (Lipinski definition) is 3. The topological polar surface area (TPSA) is 38.7 Å². The largest absolute Gasteiger partial charge is 0.507 e. The molecule has 0 amide bonds. The molecule has 1 heterocycles. The van der Waals surface area contributed by atoms with Crippen LogP contribution in [0.25, 0.3) is 0 Å². The van der Waals surface area contributed by atoms with Crippen LogP contribution < -0.4 is 4.74 Å². The molecular weight excluding hydrogens is 408 g/mol. The Morgan fingerprint density at radius 3 is 2.06 bits per heavy atom.